The van der Waals surface area contributed by atoms with E-state index in [1.165, 1.54) is 0 Å². The first kappa shape index (κ1) is 14.3. The number of halogens is 1. The summed E-state index contributed by atoms with van der Waals surface area (Å²) in [5.74, 6) is 0.935. The molecule has 3 N–H and O–H groups in total. The second kappa shape index (κ2) is 5.99. The number of phenols is 1. The summed E-state index contributed by atoms with van der Waals surface area (Å²) in [5.41, 5.74) is 8.03. The van der Waals surface area contributed by atoms with Gasteiger partial charge >= 0.3 is 0 Å². The van der Waals surface area contributed by atoms with Gasteiger partial charge in [0.05, 0.1) is 0 Å². The van der Waals surface area contributed by atoms with Gasteiger partial charge in [-0.2, -0.15) is 0 Å². The SMILES string of the molecule is Cc1cc([C@H](N)CC(C)C)ccc1O.Cl. The fourth-order valence-corrected chi connectivity index (χ4v) is 1.55. The van der Waals surface area contributed by atoms with Gasteiger partial charge in [-0.3, -0.25) is 0 Å². The molecule has 1 aromatic carbocycles. The number of aromatic hydroxyl groups is 1. The van der Waals surface area contributed by atoms with Gasteiger partial charge in [0.2, 0.25) is 0 Å². The third-order valence-corrected chi connectivity index (χ3v) is 2.37. The number of hydrogen-bond acceptors (Lipinski definition) is 2. The van der Waals surface area contributed by atoms with Crippen LogP contribution in [0.25, 0.3) is 0 Å². The van der Waals surface area contributed by atoms with Crippen LogP contribution in [0.2, 0.25) is 0 Å². The largest absolute Gasteiger partial charge is 0.508 e. The highest BCUT2D eigenvalue weighted by molar-refractivity contribution is 5.85. The number of rotatable bonds is 3. The van der Waals surface area contributed by atoms with E-state index in [2.05, 4.69) is 13.8 Å². The van der Waals surface area contributed by atoms with E-state index < -0.39 is 0 Å². The summed E-state index contributed by atoms with van der Waals surface area (Å²) in [5, 5.41) is 9.37. The number of nitrogens with two attached hydrogens (primary N) is 1. The highest BCUT2D eigenvalue weighted by Crippen LogP contribution is 2.23. The minimum atomic E-state index is 0. The molecule has 86 valence electrons. The quantitative estimate of drug-likeness (QED) is 0.837. The summed E-state index contributed by atoms with van der Waals surface area (Å²) < 4.78 is 0. The molecule has 2 nitrogen and oxygen atoms in total. The number of aryl methyl sites for hydroxylation is 1. The average molecular weight is 230 g/mol. The minimum Gasteiger partial charge on any atom is -0.508 e. The lowest BCUT2D eigenvalue weighted by Gasteiger charge is -2.15. The monoisotopic (exact) mass is 229 g/mol. The summed E-state index contributed by atoms with van der Waals surface area (Å²) in [6, 6.07) is 5.65. The molecule has 0 fully saturated rings. The maximum absolute atomic E-state index is 9.37. The first-order valence-corrected chi connectivity index (χ1v) is 5.05. The second-order valence-corrected chi connectivity index (χ2v) is 4.28. The molecule has 0 amide bonds. The lowest BCUT2D eigenvalue weighted by atomic mass is 9.96. The predicted octanol–water partition coefficient (Wildman–Crippen LogP) is 3.17. The van der Waals surface area contributed by atoms with E-state index in [0.29, 0.717) is 11.7 Å². The highest BCUT2D eigenvalue weighted by atomic mass is 35.5. The molecule has 15 heavy (non-hydrogen) atoms. The van der Waals surface area contributed by atoms with Crippen LogP contribution >= 0.6 is 12.4 Å². The molecule has 0 spiro atoms. The van der Waals surface area contributed by atoms with Crippen molar-refractivity contribution in [2.45, 2.75) is 33.2 Å². The Morgan fingerprint density at radius 3 is 2.40 bits per heavy atom. The fourth-order valence-electron chi connectivity index (χ4n) is 1.55. The zero-order valence-electron chi connectivity index (χ0n) is 9.53. The molecule has 3 heteroatoms. The van der Waals surface area contributed by atoms with Crippen LogP contribution in [0.5, 0.6) is 5.75 Å². The van der Waals surface area contributed by atoms with Crippen molar-refractivity contribution in [3.63, 3.8) is 0 Å². The van der Waals surface area contributed by atoms with Crippen molar-refractivity contribution in [2.75, 3.05) is 0 Å². The third-order valence-electron chi connectivity index (χ3n) is 2.37. The van der Waals surface area contributed by atoms with Crippen LogP contribution in [0, 0.1) is 12.8 Å². The van der Waals surface area contributed by atoms with E-state index in [4.69, 9.17) is 5.73 Å². The topological polar surface area (TPSA) is 46.2 Å². The normalized spacial score (nSPS) is 12.3. The molecule has 0 saturated heterocycles. The zero-order valence-corrected chi connectivity index (χ0v) is 10.3. The number of phenolic OH excluding ortho intramolecular Hbond substituents is 1. The van der Waals surface area contributed by atoms with Crippen molar-refractivity contribution in [1.29, 1.82) is 0 Å². The minimum absolute atomic E-state index is 0. The summed E-state index contributed by atoms with van der Waals surface area (Å²) in [6.45, 7) is 6.21. The van der Waals surface area contributed by atoms with Crippen LogP contribution in [0.4, 0.5) is 0 Å². The molecule has 0 saturated carbocycles. The van der Waals surface area contributed by atoms with Crippen LogP contribution in [-0.4, -0.2) is 5.11 Å². The zero-order chi connectivity index (χ0) is 10.7. The van der Waals surface area contributed by atoms with Gasteiger partial charge < -0.3 is 10.8 Å². The van der Waals surface area contributed by atoms with Crippen LogP contribution in [0.1, 0.15) is 37.4 Å². The Bertz CT molecular complexity index is 312. The van der Waals surface area contributed by atoms with Crippen LogP contribution in [0.3, 0.4) is 0 Å². The van der Waals surface area contributed by atoms with Gasteiger partial charge in [-0.1, -0.05) is 26.0 Å². The summed E-state index contributed by atoms with van der Waals surface area (Å²) in [6.07, 6.45) is 0.976. The van der Waals surface area contributed by atoms with E-state index in [0.717, 1.165) is 17.5 Å². The van der Waals surface area contributed by atoms with E-state index in [-0.39, 0.29) is 18.4 Å². The Morgan fingerprint density at radius 1 is 1.33 bits per heavy atom. The lowest BCUT2D eigenvalue weighted by Crippen LogP contribution is -2.12. The second-order valence-electron chi connectivity index (χ2n) is 4.28. The van der Waals surface area contributed by atoms with Crippen molar-refractivity contribution in [2.24, 2.45) is 11.7 Å². The molecule has 0 unspecified atom stereocenters. The molecule has 0 aliphatic carbocycles. The number of benzene rings is 1. The molecule has 1 aromatic rings. The van der Waals surface area contributed by atoms with E-state index in [1.807, 2.05) is 19.1 Å². The highest BCUT2D eigenvalue weighted by Gasteiger charge is 2.09. The van der Waals surface area contributed by atoms with Crippen molar-refractivity contribution in [3.05, 3.63) is 29.3 Å². The van der Waals surface area contributed by atoms with Crippen molar-refractivity contribution in [1.82, 2.24) is 0 Å². The van der Waals surface area contributed by atoms with Crippen molar-refractivity contribution in [3.8, 4) is 5.75 Å². The first-order valence-electron chi connectivity index (χ1n) is 5.05. The van der Waals surface area contributed by atoms with E-state index in [1.54, 1.807) is 6.07 Å². The summed E-state index contributed by atoms with van der Waals surface area (Å²) in [7, 11) is 0. The third kappa shape index (κ3) is 4.10. The van der Waals surface area contributed by atoms with Crippen LogP contribution in [0.15, 0.2) is 18.2 Å². The Hall–Kier alpha value is -0.730. The maximum atomic E-state index is 9.37. The summed E-state index contributed by atoms with van der Waals surface area (Å²) >= 11 is 0. The van der Waals surface area contributed by atoms with Gasteiger partial charge in [0.1, 0.15) is 5.75 Å². The van der Waals surface area contributed by atoms with Gasteiger partial charge in [-0.25, -0.2) is 0 Å². The molecular formula is C12H20ClNO. The molecule has 0 radical (unpaired) electrons. The van der Waals surface area contributed by atoms with Gasteiger partial charge in [-0.15, -0.1) is 12.4 Å². The maximum Gasteiger partial charge on any atom is 0.118 e. The standard InChI is InChI=1S/C12H19NO.ClH/c1-8(2)6-11(13)10-4-5-12(14)9(3)7-10;/h4-5,7-8,11,14H,6,13H2,1-3H3;1H/t11-;/m1./s1. The molecule has 0 bridgehead atoms. The molecule has 0 heterocycles. The first-order chi connectivity index (χ1) is 6.50. The van der Waals surface area contributed by atoms with E-state index in [9.17, 15) is 5.11 Å². The predicted molar refractivity (Wildman–Crippen MR) is 66.5 cm³/mol. The van der Waals surface area contributed by atoms with Gasteiger partial charge in [0.15, 0.2) is 0 Å². The molecule has 0 aromatic heterocycles. The van der Waals surface area contributed by atoms with Crippen LogP contribution < -0.4 is 5.73 Å². The number of hydrogen-bond donors (Lipinski definition) is 2. The Balaban J connectivity index is 0.00000196. The lowest BCUT2D eigenvalue weighted by molar-refractivity contribution is 0.469. The molecule has 0 aliphatic rings. The molecule has 1 rings (SSSR count). The Morgan fingerprint density at radius 2 is 1.93 bits per heavy atom. The van der Waals surface area contributed by atoms with Gasteiger partial charge in [0, 0.05) is 6.04 Å². The summed E-state index contributed by atoms with van der Waals surface area (Å²) in [4.78, 5) is 0. The van der Waals surface area contributed by atoms with Gasteiger partial charge in [0.25, 0.3) is 0 Å². The molecule has 0 aliphatic heterocycles. The van der Waals surface area contributed by atoms with E-state index >= 15 is 0 Å². The van der Waals surface area contributed by atoms with Crippen molar-refractivity contribution >= 4 is 12.4 Å². The molecule has 1 atom stereocenters. The smallest absolute Gasteiger partial charge is 0.118 e. The Labute approximate surface area is 97.9 Å². The molecular weight excluding hydrogens is 210 g/mol. The van der Waals surface area contributed by atoms with Gasteiger partial charge in [-0.05, 0) is 36.5 Å². The Kier molecular flexibility index (Phi) is 5.69. The van der Waals surface area contributed by atoms with Crippen molar-refractivity contribution < 1.29 is 5.11 Å². The average Bonchev–Trinajstić information content (AvgIpc) is 2.08. The fraction of sp³-hybridized carbons (Fsp3) is 0.500. The van der Waals surface area contributed by atoms with Crippen LogP contribution in [-0.2, 0) is 0 Å².